The maximum atomic E-state index is 9.82. The summed E-state index contributed by atoms with van der Waals surface area (Å²) in [6.07, 6.45) is 1.10. The average Bonchev–Trinajstić information content (AvgIpc) is 2.92. The van der Waals surface area contributed by atoms with E-state index in [1.165, 1.54) is 0 Å². The number of hydrogen-bond acceptors (Lipinski definition) is 5. The van der Waals surface area contributed by atoms with Gasteiger partial charge in [-0.25, -0.2) is 0 Å². The largest absolute Gasteiger partial charge is 0.507 e. The predicted molar refractivity (Wildman–Crippen MR) is 64.5 cm³/mol. The van der Waals surface area contributed by atoms with Crippen molar-refractivity contribution in [3.05, 3.63) is 24.0 Å². The topological polar surface area (TPSA) is 68.4 Å². The maximum Gasteiger partial charge on any atom is 0.261 e. The van der Waals surface area contributed by atoms with Crippen LogP contribution in [0, 0.1) is 5.92 Å². The van der Waals surface area contributed by atoms with Crippen LogP contribution in [0.15, 0.2) is 22.7 Å². The van der Waals surface area contributed by atoms with Gasteiger partial charge in [-0.3, -0.25) is 0 Å². The zero-order valence-corrected chi connectivity index (χ0v) is 10.3. The summed E-state index contributed by atoms with van der Waals surface area (Å²) in [5, 5.41) is 13.8. The van der Waals surface area contributed by atoms with Gasteiger partial charge in [0.05, 0.1) is 12.7 Å². The van der Waals surface area contributed by atoms with E-state index in [4.69, 9.17) is 9.26 Å². The normalized spacial score (nSPS) is 21.9. The zero-order chi connectivity index (χ0) is 12.7. The Bertz CT molecular complexity index is 579. The van der Waals surface area contributed by atoms with Crippen LogP contribution in [0.3, 0.4) is 0 Å². The summed E-state index contributed by atoms with van der Waals surface area (Å²) in [6, 6.07) is 4.92. The number of rotatable bonds is 3. The standard InChI is InChI=1S/C13H14N2O3/c1-7-5-9(7)12-14-13(18-15-12)10-6-8(17-2)3-4-11(10)16/h3-4,6-7,9,16H,5H2,1-2H3. The minimum Gasteiger partial charge on any atom is -0.507 e. The molecule has 2 aromatic rings. The summed E-state index contributed by atoms with van der Waals surface area (Å²) >= 11 is 0. The van der Waals surface area contributed by atoms with E-state index >= 15 is 0 Å². The van der Waals surface area contributed by atoms with E-state index in [1.807, 2.05) is 0 Å². The van der Waals surface area contributed by atoms with Crippen molar-refractivity contribution < 1.29 is 14.4 Å². The molecule has 0 radical (unpaired) electrons. The molecule has 1 fully saturated rings. The molecule has 1 aliphatic carbocycles. The summed E-state index contributed by atoms with van der Waals surface area (Å²) < 4.78 is 10.3. The minimum atomic E-state index is 0.106. The second-order valence-corrected chi connectivity index (χ2v) is 4.66. The van der Waals surface area contributed by atoms with E-state index in [1.54, 1.807) is 25.3 Å². The molecule has 1 aromatic carbocycles. The molecule has 0 aliphatic heterocycles. The Morgan fingerprint density at radius 1 is 1.44 bits per heavy atom. The number of hydrogen-bond donors (Lipinski definition) is 1. The molecule has 0 spiro atoms. The quantitative estimate of drug-likeness (QED) is 0.901. The Kier molecular flexibility index (Phi) is 2.47. The fraction of sp³-hybridized carbons (Fsp3) is 0.385. The van der Waals surface area contributed by atoms with E-state index in [9.17, 15) is 5.11 Å². The SMILES string of the molecule is COc1ccc(O)c(-c2nc(C3CC3C)no2)c1. The lowest BCUT2D eigenvalue weighted by molar-refractivity contribution is 0.406. The lowest BCUT2D eigenvalue weighted by atomic mass is 10.2. The van der Waals surface area contributed by atoms with Crippen molar-refractivity contribution in [2.45, 2.75) is 19.3 Å². The van der Waals surface area contributed by atoms with E-state index in [0.29, 0.717) is 29.0 Å². The van der Waals surface area contributed by atoms with E-state index in [-0.39, 0.29) is 5.75 Å². The smallest absolute Gasteiger partial charge is 0.261 e. The van der Waals surface area contributed by atoms with Crippen molar-refractivity contribution in [2.75, 3.05) is 7.11 Å². The van der Waals surface area contributed by atoms with Gasteiger partial charge in [0.15, 0.2) is 5.82 Å². The molecule has 0 bridgehead atoms. The van der Waals surface area contributed by atoms with Gasteiger partial charge in [-0.2, -0.15) is 4.98 Å². The van der Waals surface area contributed by atoms with Crippen molar-refractivity contribution in [2.24, 2.45) is 5.92 Å². The van der Waals surface area contributed by atoms with Gasteiger partial charge in [0.1, 0.15) is 11.5 Å². The number of benzene rings is 1. The molecule has 2 unspecified atom stereocenters. The first-order valence-electron chi connectivity index (χ1n) is 5.90. The summed E-state index contributed by atoms with van der Waals surface area (Å²) in [4.78, 5) is 4.34. The van der Waals surface area contributed by atoms with Crippen LogP contribution in [0.5, 0.6) is 11.5 Å². The molecule has 0 amide bonds. The first-order valence-corrected chi connectivity index (χ1v) is 5.90. The van der Waals surface area contributed by atoms with Gasteiger partial charge in [-0.05, 0) is 30.5 Å². The molecule has 5 heteroatoms. The highest BCUT2D eigenvalue weighted by molar-refractivity contribution is 5.64. The second-order valence-electron chi connectivity index (χ2n) is 4.66. The van der Waals surface area contributed by atoms with Crippen molar-refractivity contribution in [3.63, 3.8) is 0 Å². The minimum absolute atomic E-state index is 0.106. The molecule has 3 rings (SSSR count). The van der Waals surface area contributed by atoms with Crippen LogP contribution in [-0.2, 0) is 0 Å². The molecule has 0 saturated heterocycles. The Morgan fingerprint density at radius 3 is 2.89 bits per heavy atom. The van der Waals surface area contributed by atoms with Crippen LogP contribution in [-0.4, -0.2) is 22.4 Å². The number of methoxy groups -OCH3 is 1. The predicted octanol–water partition coefficient (Wildman–Crippen LogP) is 2.57. The van der Waals surface area contributed by atoms with Crippen molar-refractivity contribution in [1.29, 1.82) is 0 Å². The first-order chi connectivity index (χ1) is 8.69. The summed E-state index contributed by atoms with van der Waals surface area (Å²) in [5.41, 5.74) is 0.501. The summed E-state index contributed by atoms with van der Waals surface area (Å²) in [7, 11) is 1.57. The van der Waals surface area contributed by atoms with Gasteiger partial charge in [0, 0.05) is 5.92 Å². The molecule has 1 aliphatic rings. The molecular formula is C13H14N2O3. The van der Waals surface area contributed by atoms with Crippen LogP contribution < -0.4 is 4.74 Å². The number of aromatic nitrogens is 2. The van der Waals surface area contributed by atoms with Gasteiger partial charge in [0.2, 0.25) is 0 Å². The van der Waals surface area contributed by atoms with E-state index in [2.05, 4.69) is 17.1 Å². The molecule has 5 nitrogen and oxygen atoms in total. The maximum absolute atomic E-state index is 9.82. The molecule has 1 aromatic heterocycles. The number of phenolic OH excluding ortho intramolecular Hbond substituents is 1. The number of aromatic hydroxyl groups is 1. The molecule has 1 saturated carbocycles. The van der Waals surface area contributed by atoms with Gasteiger partial charge < -0.3 is 14.4 Å². The Morgan fingerprint density at radius 2 is 2.22 bits per heavy atom. The van der Waals surface area contributed by atoms with Crippen LogP contribution in [0.2, 0.25) is 0 Å². The Labute approximate surface area is 104 Å². The molecule has 94 valence electrons. The number of ether oxygens (including phenoxy) is 1. The zero-order valence-electron chi connectivity index (χ0n) is 10.3. The first kappa shape index (κ1) is 11.1. The third-order valence-electron chi connectivity index (χ3n) is 3.32. The van der Waals surface area contributed by atoms with Gasteiger partial charge >= 0.3 is 0 Å². The molecule has 2 atom stereocenters. The molecule has 18 heavy (non-hydrogen) atoms. The van der Waals surface area contributed by atoms with E-state index in [0.717, 1.165) is 12.2 Å². The van der Waals surface area contributed by atoms with Crippen LogP contribution in [0.4, 0.5) is 0 Å². The van der Waals surface area contributed by atoms with E-state index < -0.39 is 0 Å². The lowest BCUT2D eigenvalue weighted by Gasteiger charge is -2.02. The molecule has 1 N–H and O–H groups in total. The second kappa shape index (κ2) is 4.01. The fourth-order valence-corrected chi connectivity index (χ4v) is 1.99. The van der Waals surface area contributed by atoms with Crippen molar-refractivity contribution in [3.8, 4) is 23.0 Å². The monoisotopic (exact) mass is 246 g/mol. The Balaban J connectivity index is 1.96. The van der Waals surface area contributed by atoms with Gasteiger partial charge in [-0.15, -0.1) is 0 Å². The highest BCUT2D eigenvalue weighted by atomic mass is 16.5. The summed E-state index contributed by atoms with van der Waals surface area (Å²) in [5.74, 6) is 2.82. The van der Waals surface area contributed by atoms with Gasteiger partial charge in [-0.1, -0.05) is 12.1 Å². The fourth-order valence-electron chi connectivity index (χ4n) is 1.99. The summed E-state index contributed by atoms with van der Waals surface area (Å²) in [6.45, 7) is 2.16. The Hall–Kier alpha value is -2.04. The van der Waals surface area contributed by atoms with Crippen LogP contribution in [0.1, 0.15) is 25.1 Å². The highest BCUT2D eigenvalue weighted by Crippen LogP contribution is 2.46. The highest BCUT2D eigenvalue weighted by Gasteiger charge is 2.38. The third-order valence-corrected chi connectivity index (χ3v) is 3.32. The van der Waals surface area contributed by atoms with Crippen molar-refractivity contribution in [1.82, 2.24) is 10.1 Å². The van der Waals surface area contributed by atoms with Crippen LogP contribution in [0.25, 0.3) is 11.5 Å². The van der Waals surface area contributed by atoms with Crippen LogP contribution >= 0.6 is 0 Å². The average molecular weight is 246 g/mol. The number of nitrogens with zero attached hydrogens (tertiary/aromatic N) is 2. The molecule has 1 heterocycles. The van der Waals surface area contributed by atoms with Crippen molar-refractivity contribution >= 4 is 0 Å². The lowest BCUT2D eigenvalue weighted by Crippen LogP contribution is -1.86. The third kappa shape index (κ3) is 1.81. The number of phenols is 1. The molecular weight excluding hydrogens is 232 g/mol. The van der Waals surface area contributed by atoms with Gasteiger partial charge in [0.25, 0.3) is 5.89 Å².